The zero-order valence-corrected chi connectivity index (χ0v) is 11.4. The van der Waals surface area contributed by atoms with Gasteiger partial charge in [-0.1, -0.05) is 6.07 Å². The first kappa shape index (κ1) is 13.7. The topological polar surface area (TPSA) is 64.3 Å². The second-order valence-electron chi connectivity index (χ2n) is 4.94. The summed E-state index contributed by atoms with van der Waals surface area (Å²) in [5.41, 5.74) is 9.05. The van der Waals surface area contributed by atoms with Crippen molar-refractivity contribution in [2.75, 3.05) is 5.32 Å². The van der Waals surface area contributed by atoms with Crippen LogP contribution in [0.1, 0.15) is 27.0 Å². The normalized spacial score (nSPS) is 13.0. The molecule has 0 atom stereocenters. The van der Waals surface area contributed by atoms with E-state index in [9.17, 15) is 9.18 Å². The molecule has 3 rings (SSSR count). The van der Waals surface area contributed by atoms with Crippen LogP contribution in [0, 0.1) is 5.82 Å². The molecule has 0 aromatic heterocycles. The van der Waals surface area contributed by atoms with Gasteiger partial charge in [0.05, 0.1) is 13.2 Å². The summed E-state index contributed by atoms with van der Waals surface area (Å²) in [6.45, 7) is 1.21. The Morgan fingerprint density at radius 2 is 2.00 bits per heavy atom. The molecule has 1 aliphatic heterocycles. The molecule has 0 spiro atoms. The number of nitrogens with one attached hydrogen (secondary N) is 1. The van der Waals surface area contributed by atoms with E-state index in [1.165, 1.54) is 12.1 Å². The van der Waals surface area contributed by atoms with Crippen LogP contribution >= 0.6 is 0 Å². The molecular weight excluding hydrogens is 271 g/mol. The fourth-order valence-corrected chi connectivity index (χ4v) is 2.33. The van der Waals surface area contributed by atoms with Gasteiger partial charge in [0.15, 0.2) is 0 Å². The molecule has 0 radical (unpaired) electrons. The van der Waals surface area contributed by atoms with E-state index in [1.54, 1.807) is 12.1 Å². The molecule has 2 aromatic carbocycles. The minimum Gasteiger partial charge on any atom is -0.372 e. The largest absolute Gasteiger partial charge is 0.372 e. The number of halogens is 1. The average Bonchev–Trinajstić information content (AvgIpc) is 2.96. The molecule has 5 heteroatoms. The average molecular weight is 286 g/mol. The Balaban J connectivity index is 1.80. The van der Waals surface area contributed by atoms with Gasteiger partial charge in [-0.05, 0) is 41.5 Å². The van der Waals surface area contributed by atoms with E-state index in [0.29, 0.717) is 30.0 Å². The number of nitrogens with two attached hydrogens (primary N) is 1. The first-order valence-corrected chi connectivity index (χ1v) is 6.67. The van der Waals surface area contributed by atoms with Gasteiger partial charge in [-0.15, -0.1) is 0 Å². The summed E-state index contributed by atoms with van der Waals surface area (Å²) >= 11 is 0. The van der Waals surface area contributed by atoms with E-state index >= 15 is 0 Å². The van der Waals surface area contributed by atoms with Crippen LogP contribution in [0.5, 0.6) is 0 Å². The van der Waals surface area contributed by atoms with Gasteiger partial charge in [-0.3, -0.25) is 4.79 Å². The van der Waals surface area contributed by atoms with Crippen molar-refractivity contribution < 1.29 is 13.9 Å². The summed E-state index contributed by atoms with van der Waals surface area (Å²) in [7, 11) is 0. The molecule has 0 fully saturated rings. The van der Waals surface area contributed by atoms with Crippen molar-refractivity contribution >= 4 is 11.6 Å². The fraction of sp³-hybridized carbons (Fsp3) is 0.188. The number of rotatable bonds is 3. The van der Waals surface area contributed by atoms with Crippen LogP contribution in [0.15, 0.2) is 36.4 Å². The minimum atomic E-state index is -0.370. The zero-order valence-electron chi connectivity index (χ0n) is 11.4. The van der Waals surface area contributed by atoms with Crippen LogP contribution in [0.4, 0.5) is 10.1 Å². The Labute approximate surface area is 121 Å². The van der Waals surface area contributed by atoms with Crippen LogP contribution in [0.2, 0.25) is 0 Å². The lowest BCUT2D eigenvalue weighted by molar-refractivity contribution is 0.102. The predicted molar refractivity (Wildman–Crippen MR) is 77.2 cm³/mol. The Hall–Kier alpha value is -2.24. The van der Waals surface area contributed by atoms with Crippen molar-refractivity contribution in [3.05, 3.63) is 64.5 Å². The van der Waals surface area contributed by atoms with E-state index in [4.69, 9.17) is 10.5 Å². The van der Waals surface area contributed by atoms with E-state index in [0.717, 1.165) is 11.1 Å². The number of amides is 1. The fourth-order valence-electron chi connectivity index (χ4n) is 2.33. The zero-order chi connectivity index (χ0) is 14.8. The van der Waals surface area contributed by atoms with Gasteiger partial charge in [0.2, 0.25) is 0 Å². The summed E-state index contributed by atoms with van der Waals surface area (Å²) in [5.74, 6) is -0.607. The van der Waals surface area contributed by atoms with Crippen molar-refractivity contribution in [3.63, 3.8) is 0 Å². The number of ether oxygens (including phenoxy) is 1. The first-order valence-electron chi connectivity index (χ1n) is 6.67. The van der Waals surface area contributed by atoms with Crippen molar-refractivity contribution in [2.24, 2.45) is 5.73 Å². The SMILES string of the molecule is NCc1cc(NC(=O)c2ccc3c(c2)COC3)ccc1F. The summed E-state index contributed by atoms with van der Waals surface area (Å²) in [4.78, 5) is 12.2. The summed E-state index contributed by atoms with van der Waals surface area (Å²) in [5, 5.41) is 2.75. The van der Waals surface area contributed by atoms with Crippen molar-refractivity contribution in [1.82, 2.24) is 0 Å². The summed E-state index contributed by atoms with van der Waals surface area (Å²) in [6, 6.07) is 9.84. The highest BCUT2D eigenvalue weighted by molar-refractivity contribution is 6.04. The molecule has 1 heterocycles. The highest BCUT2D eigenvalue weighted by atomic mass is 19.1. The monoisotopic (exact) mass is 286 g/mol. The number of carbonyl (C=O) groups excluding carboxylic acids is 1. The van der Waals surface area contributed by atoms with Crippen molar-refractivity contribution in [3.8, 4) is 0 Å². The number of fused-ring (bicyclic) bond motifs is 1. The third kappa shape index (κ3) is 2.79. The third-order valence-corrected chi connectivity index (χ3v) is 3.51. The number of anilines is 1. The first-order chi connectivity index (χ1) is 10.2. The summed E-state index contributed by atoms with van der Waals surface area (Å²) in [6.07, 6.45) is 0. The van der Waals surface area contributed by atoms with E-state index < -0.39 is 0 Å². The van der Waals surface area contributed by atoms with Crippen LogP contribution in [-0.4, -0.2) is 5.91 Å². The molecule has 0 saturated carbocycles. The van der Waals surface area contributed by atoms with Gasteiger partial charge in [-0.25, -0.2) is 4.39 Å². The van der Waals surface area contributed by atoms with Gasteiger partial charge in [-0.2, -0.15) is 0 Å². The number of benzene rings is 2. The van der Waals surface area contributed by atoms with Gasteiger partial charge < -0.3 is 15.8 Å². The number of hydrogen-bond acceptors (Lipinski definition) is 3. The quantitative estimate of drug-likeness (QED) is 0.911. The van der Waals surface area contributed by atoms with Crippen LogP contribution in [-0.2, 0) is 24.5 Å². The molecule has 4 nitrogen and oxygen atoms in total. The summed E-state index contributed by atoms with van der Waals surface area (Å²) < 4.78 is 18.7. The second-order valence-corrected chi connectivity index (χ2v) is 4.94. The molecule has 0 bridgehead atoms. The van der Waals surface area contributed by atoms with E-state index in [2.05, 4.69) is 5.32 Å². The van der Waals surface area contributed by atoms with E-state index in [1.807, 2.05) is 12.1 Å². The molecular formula is C16H15FN2O2. The second kappa shape index (κ2) is 5.63. The molecule has 0 aliphatic carbocycles. The standard InChI is InChI=1S/C16H15FN2O2/c17-15-4-3-14(6-12(15)7-18)19-16(20)10-1-2-11-8-21-9-13(11)5-10/h1-6H,7-9,18H2,(H,19,20). The highest BCUT2D eigenvalue weighted by Crippen LogP contribution is 2.22. The molecule has 3 N–H and O–H groups in total. The molecule has 21 heavy (non-hydrogen) atoms. The maximum absolute atomic E-state index is 13.4. The van der Waals surface area contributed by atoms with Gasteiger partial charge >= 0.3 is 0 Å². The molecule has 0 unspecified atom stereocenters. The maximum atomic E-state index is 13.4. The Kier molecular flexibility index (Phi) is 3.68. The molecule has 0 saturated heterocycles. The Morgan fingerprint density at radius 3 is 2.81 bits per heavy atom. The lowest BCUT2D eigenvalue weighted by Crippen LogP contribution is -2.13. The lowest BCUT2D eigenvalue weighted by atomic mass is 10.1. The molecule has 108 valence electrons. The maximum Gasteiger partial charge on any atom is 0.255 e. The minimum absolute atomic E-state index is 0.0890. The lowest BCUT2D eigenvalue weighted by Gasteiger charge is -2.08. The molecule has 1 aliphatic rings. The van der Waals surface area contributed by atoms with Crippen molar-refractivity contribution in [2.45, 2.75) is 19.8 Å². The smallest absolute Gasteiger partial charge is 0.255 e. The number of carbonyl (C=O) groups is 1. The van der Waals surface area contributed by atoms with Crippen LogP contribution in [0.3, 0.4) is 0 Å². The Bertz CT molecular complexity index is 701. The third-order valence-electron chi connectivity index (χ3n) is 3.51. The predicted octanol–water partition coefficient (Wildman–Crippen LogP) is 2.57. The highest BCUT2D eigenvalue weighted by Gasteiger charge is 2.14. The van der Waals surface area contributed by atoms with Crippen LogP contribution in [0.25, 0.3) is 0 Å². The van der Waals surface area contributed by atoms with Crippen LogP contribution < -0.4 is 11.1 Å². The van der Waals surface area contributed by atoms with Gasteiger partial charge in [0, 0.05) is 23.4 Å². The number of hydrogen-bond donors (Lipinski definition) is 2. The Morgan fingerprint density at radius 1 is 1.19 bits per heavy atom. The van der Waals surface area contributed by atoms with Gasteiger partial charge in [0.1, 0.15) is 5.82 Å². The van der Waals surface area contributed by atoms with Crippen molar-refractivity contribution in [1.29, 1.82) is 0 Å². The molecule has 2 aromatic rings. The van der Waals surface area contributed by atoms with E-state index in [-0.39, 0.29) is 18.3 Å². The molecule has 1 amide bonds. The van der Waals surface area contributed by atoms with Gasteiger partial charge in [0.25, 0.3) is 5.91 Å².